The van der Waals surface area contributed by atoms with E-state index in [2.05, 4.69) is 4.74 Å². The lowest BCUT2D eigenvalue weighted by Gasteiger charge is -2.11. The number of hydrazine groups is 1. The molecule has 0 radical (unpaired) electrons. The number of amides is 1. The predicted octanol–water partition coefficient (Wildman–Crippen LogP) is 2.86. The summed E-state index contributed by atoms with van der Waals surface area (Å²) in [6.07, 6.45) is -4.88. The van der Waals surface area contributed by atoms with Crippen molar-refractivity contribution in [1.82, 2.24) is 10.3 Å². The van der Waals surface area contributed by atoms with Crippen LogP contribution < -0.4 is 15.0 Å². The summed E-state index contributed by atoms with van der Waals surface area (Å²) >= 11 is 5.68. The number of sulfonamides is 1. The fourth-order valence-electron chi connectivity index (χ4n) is 1.67. The van der Waals surface area contributed by atoms with Crippen molar-refractivity contribution in [2.24, 2.45) is 0 Å². The van der Waals surface area contributed by atoms with E-state index in [0.29, 0.717) is 5.02 Å². The molecule has 0 aliphatic rings. The van der Waals surface area contributed by atoms with Crippen molar-refractivity contribution in [3.63, 3.8) is 0 Å². The zero-order valence-corrected chi connectivity index (χ0v) is 13.7. The van der Waals surface area contributed by atoms with Crippen molar-refractivity contribution >= 4 is 27.5 Å². The molecule has 0 saturated carbocycles. The van der Waals surface area contributed by atoms with Crippen LogP contribution in [0.3, 0.4) is 0 Å². The number of benzene rings is 2. The van der Waals surface area contributed by atoms with E-state index in [1.165, 1.54) is 24.3 Å². The average Bonchev–Trinajstić information content (AvgIpc) is 2.52. The van der Waals surface area contributed by atoms with Gasteiger partial charge >= 0.3 is 6.36 Å². The van der Waals surface area contributed by atoms with Gasteiger partial charge in [0.25, 0.3) is 15.9 Å². The Balaban J connectivity index is 2.03. The first-order valence-corrected chi connectivity index (χ1v) is 8.36. The summed E-state index contributed by atoms with van der Waals surface area (Å²) in [5.74, 6) is -1.31. The molecule has 0 aliphatic carbocycles. The third kappa shape index (κ3) is 5.62. The van der Waals surface area contributed by atoms with Crippen LogP contribution in [0.5, 0.6) is 5.75 Å². The van der Waals surface area contributed by atoms with Gasteiger partial charge in [0.2, 0.25) is 0 Å². The van der Waals surface area contributed by atoms with Gasteiger partial charge in [-0.3, -0.25) is 10.2 Å². The van der Waals surface area contributed by atoms with Crippen LogP contribution in [-0.4, -0.2) is 20.7 Å². The molecular weight excluding hydrogens is 385 g/mol. The first kappa shape index (κ1) is 19.0. The highest BCUT2D eigenvalue weighted by molar-refractivity contribution is 7.89. The van der Waals surface area contributed by atoms with Crippen LogP contribution in [0.2, 0.25) is 5.02 Å². The summed E-state index contributed by atoms with van der Waals surface area (Å²) < 4.78 is 63.8. The molecule has 0 atom stereocenters. The molecule has 0 aliphatic heterocycles. The summed E-state index contributed by atoms with van der Waals surface area (Å²) in [5, 5.41) is 0.401. The van der Waals surface area contributed by atoms with Crippen LogP contribution in [0.15, 0.2) is 53.4 Å². The molecule has 1 amide bonds. The molecule has 0 aromatic heterocycles. The predicted molar refractivity (Wildman–Crippen MR) is 82.4 cm³/mol. The molecule has 11 heteroatoms. The van der Waals surface area contributed by atoms with E-state index in [0.717, 1.165) is 24.3 Å². The molecule has 2 N–H and O–H groups in total. The van der Waals surface area contributed by atoms with E-state index in [4.69, 9.17) is 11.6 Å². The highest BCUT2D eigenvalue weighted by Crippen LogP contribution is 2.23. The van der Waals surface area contributed by atoms with Gasteiger partial charge in [0.05, 0.1) is 4.90 Å². The summed E-state index contributed by atoms with van der Waals surface area (Å²) in [4.78, 5) is 13.3. The van der Waals surface area contributed by atoms with Crippen LogP contribution in [-0.2, 0) is 10.0 Å². The highest BCUT2D eigenvalue weighted by atomic mass is 35.5. The van der Waals surface area contributed by atoms with E-state index in [-0.39, 0.29) is 10.5 Å². The Morgan fingerprint density at radius 3 is 2.08 bits per heavy atom. The first-order chi connectivity index (χ1) is 11.6. The number of carbonyl (C=O) groups excluding carboxylic acids is 1. The molecule has 25 heavy (non-hydrogen) atoms. The standard InChI is InChI=1S/C14H10ClF3N2O4S/c15-10-3-1-9(2-4-10)13(21)19-20-25(22,23)12-7-5-11(6-8-12)24-14(16,17)18/h1-8,20H,(H,19,21). The Morgan fingerprint density at radius 1 is 1.00 bits per heavy atom. The summed E-state index contributed by atoms with van der Waals surface area (Å²) in [6, 6.07) is 9.14. The van der Waals surface area contributed by atoms with Crippen LogP contribution in [0.4, 0.5) is 13.2 Å². The number of carbonyl (C=O) groups is 1. The maximum absolute atomic E-state index is 12.1. The number of rotatable bonds is 5. The number of hydrogen-bond donors (Lipinski definition) is 2. The van der Waals surface area contributed by atoms with E-state index < -0.39 is 28.0 Å². The fraction of sp³-hybridized carbons (Fsp3) is 0.0714. The third-order valence-corrected chi connectivity index (χ3v) is 4.29. The monoisotopic (exact) mass is 394 g/mol. The number of alkyl halides is 3. The van der Waals surface area contributed by atoms with Crippen molar-refractivity contribution < 1.29 is 31.1 Å². The van der Waals surface area contributed by atoms with E-state index >= 15 is 0 Å². The molecular formula is C14H10ClF3N2O4S. The largest absolute Gasteiger partial charge is 0.573 e. The van der Waals surface area contributed by atoms with Crippen molar-refractivity contribution in [1.29, 1.82) is 0 Å². The first-order valence-electron chi connectivity index (χ1n) is 6.50. The van der Waals surface area contributed by atoms with E-state index in [1.54, 1.807) is 0 Å². The topological polar surface area (TPSA) is 84.5 Å². The minimum absolute atomic E-state index is 0.154. The van der Waals surface area contributed by atoms with Crippen molar-refractivity contribution in [2.75, 3.05) is 0 Å². The minimum atomic E-state index is -4.88. The second-order valence-electron chi connectivity index (χ2n) is 4.59. The Hall–Kier alpha value is -2.30. The minimum Gasteiger partial charge on any atom is -0.406 e. The van der Waals surface area contributed by atoms with Crippen LogP contribution in [0.25, 0.3) is 0 Å². The third-order valence-electron chi connectivity index (χ3n) is 2.77. The molecule has 0 heterocycles. The van der Waals surface area contributed by atoms with E-state index in [1.807, 2.05) is 10.3 Å². The molecule has 0 fully saturated rings. The molecule has 0 bridgehead atoms. The van der Waals surface area contributed by atoms with Crippen molar-refractivity contribution in [3.05, 3.63) is 59.1 Å². The van der Waals surface area contributed by atoms with Gasteiger partial charge in [0.15, 0.2) is 0 Å². The van der Waals surface area contributed by atoms with Gasteiger partial charge in [0, 0.05) is 10.6 Å². The normalized spacial score (nSPS) is 11.8. The quantitative estimate of drug-likeness (QED) is 0.764. The molecule has 0 saturated heterocycles. The van der Waals surface area contributed by atoms with Gasteiger partial charge in [0.1, 0.15) is 5.75 Å². The number of hydrogen-bond acceptors (Lipinski definition) is 4. The zero-order chi connectivity index (χ0) is 18.7. The maximum atomic E-state index is 12.1. The summed E-state index contributed by atoms with van der Waals surface area (Å²) in [5.41, 5.74) is 2.13. The lowest BCUT2D eigenvalue weighted by molar-refractivity contribution is -0.274. The number of nitrogens with one attached hydrogen (secondary N) is 2. The molecule has 2 aromatic rings. The maximum Gasteiger partial charge on any atom is 0.573 e. The van der Waals surface area contributed by atoms with Gasteiger partial charge in [-0.1, -0.05) is 11.6 Å². The Kier molecular flexibility index (Phi) is 5.55. The van der Waals surface area contributed by atoms with Gasteiger partial charge in [-0.25, -0.2) is 8.42 Å². The molecule has 2 rings (SSSR count). The number of ether oxygens (including phenoxy) is 1. The van der Waals surface area contributed by atoms with Gasteiger partial charge in [-0.2, -0.15) is 0 Å². The van der Waals surface area contributed by atoms with Crippen molar-refractivity contribution in [2.45, 2.75) is 11.3 Å². The SMILES string of the molecule is O=C(NNS(=O)(=O)c1ccc(OC(F)(F)F)cc1)c1ccc(Cl)cc1. The van der Waals surface area contributed by atoms with Crippen LogP contribution in [0, 0.1) is 0 Å². The Morgan fingerprint density at radius 2 is 1.56 bits per heavy atom. The van der Waals surface area contributed by atoms with Crippen LogP contribution >= 0.6 is 11.6 Å². The highest BCUT2D eigenvalue weighted by Gasteiger charge is 2.31. The molecule has 0 spiro atoms. The summed E-state index contributed by atoms with van der Waals surface area (Å²) in [6.45, 7) is 0. The average molecular weight is 395 g/mol. The lowest BCUT2D eigenvalue weighted by atomic mass is 10.2. The van der Waals surface area contributed by atoms with Crippen molar-refractivity contribution in [3.8, 4) is 5.75 Å². The smallest absolute Gasteiger partial charge is 0.406 e. The molecule has 2 aromatic carbocycles. The lowest BCUT2D eigenvalue weighted by Crippen LogP contribution is -2.41. The fourth-order valence-corrected chi connectivity index (χ4v) is 2.63. The second-order valence-corrected chi connectivity index (χ2v) is 6.70. The zero-order valence-electron chi connectivity index (χ0n) is 12.2. The molecule has 134 valence electrons. The Labute approximate surface area is 145 Å². The number of halogens is 4. The second kappa shape index (κ2) is 7.30. The van der Waals surface area contributed by atoms with Gasteiger partial charge < -0.3 is 4.74 Å². The van der Waals surface area contributed by atoms with Gasteiger partial charge in [-0.15, -0.1) is 18.0 Å². The van der Waals surface area contributed by atoms with Crippen LogP contribution in [0.1, 0.15) is 10.4 Å². The Bertz CT molecular complexity index is 853. The molecule has 6 nitrogen and oxygen atoms in total. The summed E-state index contributed by atoms with van der Waals surface area (Å²) in [7, 11) is -4.18. The van der Waals surface area contributed by atoms with E-state index in [9.17, 15) is 26.4 Å². The molecule has 0 unspecified atom stereocenters. The van der Waals surface area contributed by atoms with Gasteiger partial charge in [-0.05, 0) is 48.5 Å².